The molecule has 1 saturated heterocycles. The van der Waals surface area contributed by atoms with E-state index in [-0.39, 0.29) is 0 Å². The molecule has 0 radical (unpaired) electrons. The Hall–Kier alpha value is -4.72. The molecule has 1 aliphatic rings. The monoisotopic (exact) mass is 501 g/mol. The number of rotatable bonds is 6. The summed E-state index contributed by atoms with van der Waals surface area (Å²) in [5.74, 6) is 0.701. The number of aromatic amines is 2. The van der Waals surface area contributed by atoms with E-state index in [0.29, 0.717) is 12.4 Å². The number of piperidine rings is 1. The molecule has 0 saturated carbocycles. The van der Waals surface area contributed by atoms with Crippen molar-refractivity contribution in [1.82, 2.24) is 30.1 Å². The minimum atomic E-state index is 0.484. The maximum Gasteiger partial charge on any atom is 0.139 e. The van der Waals surface area contributed by atoms with Gasteiger partial charge in [-0.3, -0.25) is 10.1 Å². The van der Waals surface area contributed by atoms with Crippen LogP contribution in [0.4, 0.5) is 5.69 Å². The highest BCUT2D eigenvalue weighted by molar-refractivity contribution is 5.97. The second kappa shape index (κ2) is 9.63. The third-order valence-electron chi connectivity index (χ3n) is 7.13. The average Bonchev–Trinajstić information content (AvgIpc) is 3.61. The third-order valence-corrected chi connectivity index (χ3v) is 7.13. The number of fused-ring (bicyclic) bond motifs is 2. The Morgan fingerprint density at radius 3 is 2.71 bits per heavy atom. The van der Waals surface area contributed by atoms with Crippen molar-refractivity contribution in [3.05, 3.63) is 84.8 Å². The van der Waals surface area contributed by atoms with Crippen molar-refractivity contribution in [2.24, 2.45) is 0 Å². The van der Waals surface area contributed by atoms with Gasteiger partial charge in [-0.15, -0.1) is 0 Å². The van der Waals surface area contributed by atoms with Crippen LogP contribution in [0, 0.1) is 0 Å². The Labute approximate surface area is 219 Å². The number of hydrogen-bond donors (Lipinski definition) is 2. The molecule has 6 heterocycles. The minimum absolute atomic E-state index is 0.484. The number of ether oxygens (including phenoxy) is 1. The lowest BCUT2D eigenvalue weighted by atomic mass is 10.1. The molecule has 0 aliphatic carbocycles. The normalized spacial score (nSPS) is 13.8. The van der Waals surface area contributed by atoms with Gasteiger partial charge in [0.25, 0.3) is 0 Å². The van der Waals surface area contributed by atoms with E-state index in [0.717, 1.165) is 63.4 Å². The fourth-order valence-electron chi connectivity index (χ4n) is 5.18. The molecule has 0 amide bonds. The molecule has 1 aliphatic heterocycles. The van der Waals surface area contributed by atoms with Gasteiger partial charge < -0.3 is 14.6 Å². The summed E-state index contributed by atoms with van der Waals surface area (Å²) in [6, 6.07) is 20.3. The summed E-state index contributed by atoms with van der Waals surface area (Å²) >= 11 is 0. The summed E-state index contributed by atoms with van der Waals surface area (Å²) in [4.78, 5) is 19.9. The predicted molar refractivity (Wildman–Crippen MR) is 149 cm³/mol. The van der Waals surface area contributed by atoms with E-state index in [1.165, 1.54) is 24.9 Å². The van der Waals surface area contributed by atoms with E-state index in [1.807, 2.05) is 54.7 Å². The molecule has 38 heavy (non-hydrogen) atoms. The van der Waals surface area contributed by atoms with Gasteiger partial charge in [0.2, 0.25) is 0 Å². The van der Waals surface area contributed by atoms with Gasteiger partial charge in [-0.2, -0.15) is 5.10 Å². The topological polar surface area (TPSA) is 95.6 Å². The fraction of sp³-hybridized carbons (Fsp3) is 0.200. The Kier molecular flexibility index (Phi) is 5.69. The Morgan fingerprint density at radius 1 is 0.921 bits per heavy atom. The predicted octanol–water partition coefficient (Wildman–Crippen LogP) is 6.13. The zero-order valence-corrected chi connectivity index (χ0v) is 20.9. The van der Waals surface area contributed by atoms with Crippen LogP contribution in [0.1, 0.15) is 24.8 Å². The average molecular weight is 502 g/mol. The highest BCUT2D eigenvalue weighted by atomic mass is 16.5. The molecule has 0 atom stereocenters. The quantitative estimate of drug-likeness (QED) is 0.285. The van der Waals surface area contributed by atoms with Crippen molar-refractivity contribution in [3.8, 4) is 28.4 Å². The zero-order chi connectivity index (χ0) is 25.3. The maximum absolute atomic E-state index is 5.99. The molecule has 188 valence electrons. The standard InChI is InChI=1S/C30H27N7O/c1-3-7-20(8-4-1)19-38-22-15-21(17-31-18-22)24-9-10-25-28(33-24)29(36-35-25)26-16-23-27(11-12-32-30(23)34-26)37-13-5-2-6-14-37/h1,3-4,7-12,15-18H,2,5-6,13-14,19H2,(H,32,34)(H,35,36). The summed E-state index contributed by atoms with van der Waals surface area (Å²) < 4.78 is 5.99. The molecular formula is C30H27N7O. The summed E-state index contributed by atoms with van der Waals surface area (Å²) in [5, 5.41) is 8.87. The zero-order valence-electron chi connectivity index (χ0n) is 20.9. The fourth-order valence-corrected chi connectivity index (χ4v) is 5.18. The number of nitrogens with zero attached hydrogens (tertiary/aromatic N) is 5. The number of aromatic nitrogens is 6. The second-order valence-corrected chi connectivity index (χ2v) is 9.67. The molecule has 7 rings (SSSR count). The molecule has 0 unspecified atom stereocenters. The van der Waals surface area contributed by atoms with Crippen molar-refractivity contribution >= 4 is 27.8 Å². The first kappa shape index (κ1) is 22.5. The first-order valence-electron chi connectivity index (χ1n) is 13.0. The van der Waals surface area contributed by atoms with E-state index in [9.17, 15) is 0 Å². The number of nitrogens with one attached hydrogen (secondary N) is 2. The first-order valence-corrected chi connectivity index (χ1v) is 13.0. The van der Waals surface area contributed by atoms with Crippen LogP contribution in [0.15, 0.2) is 79.3 Å². The largest absolute Gasteiger partial charge is 0.487 e. The highest BCUT2D eigenvalue weighted by Gasteiger charge is 2.18. The van der Waals surface area contributed by atoms with Gasteiger partial charge >= 0.3 is 0 Å². The molecule has 2 N–H and O–H groups in total. The number of hydrogen-bond acceptors (Lipinski definition) is 6. The summed E-state index contributed by atoms with van der Waals surface area (Å²) in [5.41, 5.74) is 8.22. The molecule has 8 nitrogen and oxygen atoms in total. The van der Waals surface area contributed by atoms with E-state index in [1.54, 1.807) is 12.4 Å². The van der Waals surface area contributed by atoms with Crippen LogP contribution in [0.2, 0.25) is 0 Å². The molecule has 0 spiro atoms. The molecule has 1 aromatic carbocycles. The molecule has 6 aromatic rings. The highest BCUT2D eigenvalue weighted by Crippen LogP contribution is 2.34. The summed E-state index contributed by atoms with van der Waals surface area (Å²) in [6.07, 6.45) is 9.17. The number of anilines is 1. The molecule has 1 fully saturated rings. The lowest BCUT2D eigenvalue weighted by Gasteiger charge is -2.29. The van der Waals surface area contributed by atoms with Crippen LogP contribution in [-0.2, 0) is 6.61 Å². The second-order valence-electron chi connectivity index (χ2n) is 9.67. The smallest absolute Gasteiger partial charge is 0.139 e. The molecule has 8 heteroatoms. The van der Waals surface area contributed by atoms with Crippen LogP contribution in [-0.4, -0.2) is 43.2 Å². The summed E-state index contributed by atoms with van der Waals surface area (Å²) in [7, 11) is 0. The van der Waals surface area contributed by atoms with E-state index < -0.39 is 0 Å². The van der Waals surface area contributed by atoms with Crippen LogP contribution < -0.4 is 9.64 Å². The van der Waals surface area contributed by atoms with Crippen LogP contribution in [0.5, 0.6) is 5.75 Å². The minimum Gasteiger partial charge on any atom is -0.487 e. The van der Waals surface area contributed by atoms with Gasteiger partial charge in [-0.1, -0.05) is 30.3 Å². The number of benzene rings is 1. The Bertz CT molecular complexity index is 1720. The van der Waals surface area contributed by atoms with Crippen molar-refractivity contribution in [3.63, 3.8) is 0 Å². The lowest BCUT2D eigenvalue weighted by molar-refractivity contribution is 0.305. The van der Waals surface area contributed by atoms with Crippen LogP contribution in [0.3, 0.4) is 0 Å². The van der Waals surface area contributed by atoms with Crippen LogP contribution >= 0.6 is 0 Å². The van der Waals surface area contributed by atoms with Crippen molar-refractivity contribution in [1.29, 1.82) is 0 Å². The van der Waals surface area contributed by atoms with Gasteiger partial charge in [0.05, 0.1) is 23.1 Å². The van der Waals surface area contributed by atoms with Gasteiger partial charge in [-0.25, -0.2) is 9.97 Å². The van der Waals surface area contributed by atoms with E-state index >= 15 is 0 Å². The first-order chi connectivity index (χ1) is 18.8. The van der Waals surface area contributed by atoms with Crippen molar-refractivity contribution < 1.29 is 4.74 Å². The van der Waals surface area contributed by atoms with Crippen molar-refractivity contribution in [2.75, 3.05) is 18.0 Å². The van der Waals surface area contributed by atoms with E-state index in [4.69, 9.17) is 9.72 Å². The van der Waals surface area contributed by atoms with Crippen molar-refractivity contribution in [2.45, 2.75) is 25.9 Å². The summed E-state index contributed by atoms with van der Waals surface area (Å²) in [6.45, 7) is 2.65. The molecule has 5 aromatic heterocycles. The van der Waals surface area contributed by atoms with E-state index in [2.05, 4.69) is 42.2 Å². The van der Waals surface area contributed by atoms with Gasteiger partial charge in [-0.05, 0) is 55.2 Å². The molecular weight excluding hydrogens is 474 g/mol. The third kappa shape index (κ3) is 4.24. The number of pyridine rings is 3. The lowest BCUT2D eigenvalue weighted by Crippen LogP contribution is -2.29. The molecule has 0 bridgehead atoms. The van der Waals surface area contributed by atoms with Gasteiger partial charge in [0.15, 0.2) is 0 Å². The maximum atomic E-state index is 5.99. The van der Waals surface area contributed by atoms with Gasteiger partial charge in [0, 0.05) is 42.1 Å². The Morgan fingerprint density at radius 2 is 1.82 bits per heavy atom. The Balaban J connectivity index is 1.22. The van der Waals surface area contributed by atoms with Gasteiger partial charge in [0.1, 0.15) is 29.2 Å². The SMILES string of the molecule is c1ccc(COc2cncc(-c3ccc4[nH]nc(-c5cc6c(N7CCCCC7)ccnc6[nH]5)c4n3)c2)cc1. The number of H-pyrrole nitrogens is 2. The van der Waals surface area contributed by atoms with Crippen LogP contribution in [0.25, 0.3) is 44.7 Å².